The Hall–Kier alpha value is 0.0197. The van der Waals surface area contributed by atoms with E-state index in [0.29, 0.717) is 25.9 Å². The van der Waals surface area contributed by atoms with Crippen molar-refractivity contribution in [2.75, 3.05) is 38.7 Å². The van der Waals surface area contributed by atoms with Gasteiger partial charge in [0, 0.05) is 51.5 Å². The molecule has 0 saturated heterocycles. The Morgan fingerprint density at radius 3 is 1.10 bits per heavy atom. The second-order valence-corrected chi connectivity index (χ2v) is 12.9. The fraction of sp³-hybridized carbons (Fsp3) is 0.923. The minimum atomic E-state index is -4.16. The first kappa shape index (κ1) is 43.5. The van der Waals surface area contributed by atoms with Gasteiger partial charge in [0.2, 0.25) is 11.8 Å². The topological polar surface area (TPSA) is 155 Å². The fourth-order valence-electron chi connectivity index (χ4n) is 3.70. The second-order valence-electron chi connectivity index (χ2n) is 9.90. The van der Waals surface area contributed by atoms with Gasteiger partial charge in [-0.05, 0) is 25.7 Å². The van der Waals surface area contributed by atoms with E-state index in [-0.39, 0.29) is 62.4 Å². The molecule has 0 unspecified atom stereocenters. The quantitative estimate of drug-likeness (QED) is 0.0998. The molecule has 0 rings (SSSR count). The molecule has 0 fully saturated rings. The Kier molecular flexibility index (Phi) is 30.0. The predicted octanol–water partition coefficient (Wildman–Crippen LogP) is 3.88. The van der Waals surface area contributed by atoms with Gasteiger partial charge in [0.25, 0.3) is 0 Å². The summed E-state index contributed by atoms with van der Waals surface area (Å²) < 4.78 is 62.5. The molecule has 0 N–H and O–H groups in total. The molecule has 0 bridgehead atoms. The minimum Gasteiger partial charge on any atom is -0.748 e. The smallest absolute Gasteiger partial charge is 0.748 e. The van der Waals surface area contributed by atoms with E-state index in [1.807, 2.05) is 0 Å². The van der Waals surface area contributed by atoms with E-state index in [4.69, 9.17) is 0 Å². The van der Waals surface area contributed by atoms with Crippen molar-refractivity contribution in [1.82, 2.24) is 9.80 Å². The van der Waals surface area contributed by atoms with Gasteiger partial charge >= 0.3 is 37.7 Å². The number of nitrogens with zero attached hydrogens (tertiary/aromatic N) is 2. The van der Waals surface area contributed by atoms with Crippen molar-refractivity contribution in [3.05, 3.63) is 0 Å². The van der Waals surface area contributed by atoms with Crippen LogP contribution >= 0.6 is 0 Å². The van der Waals surface area contributed by atoms with Gasteiger partial charge in [0.1, 0.15) is 0 Å². The monoisotopic (exact) mass is 624 g/mol. The molecule has 0 aliphatic carbocycles. The van der Waals surface area contributed by atoms with Gasteiger partial charge in [0.15, 0.2) is 0 Å². The normalized spacial score (nSPS) is 11.2. The molecule has 0 aliphatic rings. The van der Waals surface area contributed by atoms with Crippen molar-refractivity contribution in [3.63, 3.8) is 0 Å². The molecule has 13 heteroatoms. The number of carbonyl (C=O) groups excluding carboxylic acids is 2. The summed E-state index contributed by atoms with van der Waals surface area (Å²) in [6.07, 6.45) is 15.0. The van der Waals surface area contributed by atoms with Crippen LogP contribution in [0.1, 0.15) is 117 Å². The molecule has 0 aliphatic heterocycles. The average Bonchev–Trinajstić information content (AvgIpc) is 2.81. The maximum atomic E-state index is 11.7. The Bertz CT molecular complexity index is 756. The third-order valence-corrected chi connectivity index (χ3v) is 7.69. The zero-order valence-corrected chi connectivity index (χ0v) is 28.7. The molecule has 228 valence electrons. The molecular weight excluding hydrogens is 573 g/mol. The Morgan fingerprint density at radius 2 is 0.821 bits per heavy atom. The molecule has 39 heavy (non-hydrogen) atoms. The molecule has 0 radical (unpaired) electrons. The van der Waals surface area contributed by atoms with Gasteiger partial charge in [0.05, 0.1) is 20.2 Å². The first-order valence-electron chi connectivity index (χ1n) is 14.1. The van der Waals surface area contributed by atoms with Crippen LogP contribution < -0.4 is 0 Å². The Morgan fingerprint density at radius 1 is 0.538 bits per heavy atom. The summed E-state index contributed by atoms with van der Waals surface area (Å²) in [5, 5.41) is 0. The van der Waals surface area contributed by atoms with Crippen molar-refractivity contribution in [1.29, 1.82) is 0 Å². The van der Waals surface area contributed by atoms with E-state index in [2.05, 4.69) is 13.8 Å². The largest absolute Gasteiger partial charge is 2.00 e. The van der Waals surface area contributed by atoms with Crippen LogP contribution in [0.2, 0.25) is 0 Å². The van der Waals surface area contributed by atoms with Crippen LogP contribution in [0.3, 0.4) is 0 Å². The molecule has 0 spiro atoms. The van der Waals surface area contributed by atoms with Gasteiger partial charge in [-0.3, -0.25) is 9.59 Å². The second kappa shape index (κ2) is 26.9. The van der Waals surface area contributed by atoms with Crippen LogP contribution in [0.25, 0.3) is 0 Å². The van der Waals surface area contributed by atoms with Crippen LogP contribution in [-0.4, -0.2) is 124 Å². The van der Waals surface area contributed by atoms with Crippen LogP contribution in [0.15, 0.2) is 0 Å². The zero-order chi connectivity index (χ0) is 29.5. The van der Waals surface area contributed by atoms with Crippen molar-refractivity contribution in [2.45, 2.75) is 117 Å². The number of unbranched alkanes of at least 4 members (excludes halogenated alkanes) is 10. The molecule has 0 aromatic heterocycles. The third kappa shape index (κ3) is 34.1. The maximum absolute atomic E-state index is 11.7. The third-order valence-electron chi connectivity index (χ3n) is 6.12. The van der Waals surface area contributed by atoms with Crippen LogP contribution in [0.5, 0.6) is 0 Å². The summed E-state index contributed by atoms with van der Waals surface area (Å²) in [6, 6.07) is 0. The summed E-state index contributed by atoms with van der Waals surface area (Å²) in [4.78, 5) is 26.4. The van der Waals surface area contributed by atoms with E-state index >= 15 is 0 Å². The van der Waals surface area contributed by atoms with Gasteiger partial charge in [-0.25, -0.2) is 16.8 Å². The number of hydrogen-bond acceptors (Lipinski definition) is 8. The van der Waals surface area contributed by atoms with E-state index in [9.17, 15) is 35.5 Å². The SMILES string of the molecule is CCCCCCCCC(=O)N(C)CCCS(=O)(=O)[O-].CCCCCCCCC(=O)N(C)CCCS(=O)(=O)[O-].[Ca+2]. The molecule has 0 saturated carbocycles. The standard InChI is InChI=1S/2C13H27NO4S.Ca/c2*1-3-4-5-6-7-8-10-13(15)14(2)11-9-12-19(16,17)18;/h2*3-12H2,1-2H3,(H,16,17,18);/q;;+2/p-2. The van der Waals surface area contributed by atoms with Crippen molar-refractivity contribution < 1.29 is 35.5 Å². The molecular formula is C26H52CaN2O8S2. The van der Waals surface area contributed by atoms with Crippen LogP contribution in [0.4, 0.5) is 0 Å². The molecule has 0 atom stereocenters. The van der Waals surface area contributed by atoms with Crippen molar-refractivity contribution >= 4 is 69.8 Å². The molecule has 0 aromatic rings. The first-order valence-corrected chi connectivity index (χ1v) is 17.2. The van der Waals surface area contributed by atoms with Gasteiger partial charge < -0.3 is 18.9 Å². The van der Waals surface area contributed by atoms with Crippen molar-refractivity contribution in [3.8, 4) is 0 Å². The molecule has 2 amide bonds. The van der Waals surface area contributed by atoms with E-state index in [1.165, 1.54) is 61.2 Å². The van der Waals surface area contributed by atoms with E-state index in [1.54, 1.807) is 14.1 Å². The first-order chi connectivity index (χ1) is 17.7. The summed E-state index contributed by atoms with van der Waals surface area (Å²) in [7, 11) is -5.03. The Labute approximate surface area is 268 Å². The number of hydrogen-bond donors (Lipinski definition) is 0. The summed E-state index contributed by atoms with van der Waals surface area (Å²) in [5.74, 6) is -0.749. The maximum Gasteiger partial charge on any atom is 2.00 e. The average molecular weight is 625 g/mol. The predicted molar refractivity (Wildman–Crippen MR) is 155 cm³/mol. The number of amides is 2. The van der Waals surface area contributed by atoms with Crippen molar-refractivity contribution in [2.24, 2.45) is 0 Å². The number of rotatable bonds is 22. The molecule has 0 aromatic carbocycles. The van der Waals surface area contributed by atoms with Gasteiger partial charge in [-0.1, -0.05) is 78.1 Å². The minimum absolute atomic E-state index is 0. The van der Waals surface area contributed by atoms with E-state index in [0.717, 1.165) is 25.7 Å². The van der Waals surface area contributed by atoms with E-state index < -0.39 is 31.7 Å². The summed E-state index contributed by atoms with van der Waals surface area (Å²) in [6.45, 7) is 4.99. The summed E-state index contributed by atoms with van der Waals surface area (Å²) in [5.41, 5.74) is 0. The van der Waals surface area contributed by atoms with Crippen LogP contribution in [0, 0.1) is 0 Å². The van der Waals surface area contributed by atoms with Crippen LogP contribution in [-0.2, 0) is 29.8 Å². The zero-order valence-electron chi connectivity index (χ0n) is 24.8. The van der Waals surface area contributed by atoms with Gasteiger partial charge in [-0.2, -0.15) is 0 Å². The number of carbonyl (C=O) groups is 2. The molecule has 10 nitrogen and oxygen atoms in total. The molecule has 0 heterocycles. The fourth-order valence-corrected chi connectivity index (χ4v) is 4.67. The summed E-state index contributed by atoms with van der Waals surface area (Å²) >= 11 is 0. The van der Waals surface area contributed by atoms with Gasteiger partial charge in [-0.15, -0.1) is 0 Å². The Balaban J connectivity index is -0.000000648.